The fourth-order valence-electron chi connectivity index (χ4n) is 2.45. The van der Waals surface area contributed by atoms with Crippen molar-refractivity contribution in [1.82, 2.24) is 15.2 Å². The zero-order chi connectivity index (χ0) is 15.1. The molecule has 2 N–H and O–H groups in total. The van der Waals surface area contributed by atoms with Crippen LogP contribution in [0.25, 0.3) is 0 Å². The largest absolute Gasteiger partial charge is 0.383 e. The zero-order valence-electron chi connectivity index (χ0n) is 12.4. The van der Waals surface area contributed by atoms with Crippen molar-refractivity contribution in [3.8, 4) is 0 Å². The zero-order valence-corrected chi connectivity index (χ0v) is 12.4. The fraction of sp³-hybridized carbons (Fsp3) is 0.600. The van der Waals surface area contributed by atoms with Crippen LogP contribution < -0.4 is 5.32 Å². The molecular formula is C15H23N3O3. The van der Waals surface area contributed by atoms with Gasteiger partial charge >= 0.3 is 0 Å². The molecule has 1 fully saturated rings. The molecule has 1 amide bonds. The number of carbonyl (C=O) groups is 1. The molecule has 2 rings (SSSR count). The second-order valence-corrected chi connectivity index (χ2v) is 5.28. The Morgan fingerprint density at radius 1 is 1.48 bits per heavy atom. The highest BCUT2D eigenvalue weighted by atomic mass is 16.5. The average Bonchev–Trinajstić information content (AvgIpc) is 2.53. The standard InChI is InChI=1S/C15H23N3O3/c1-16-8-11-21-12-14(19)18-9-5-15(20,6-10-18)13-4-2-3-7-17-13/h2-4,7,16,20H,5-6,8-12H2,1H3. The summed E-state index contributed by atoms with van der Waals surface area (Å²) in [6.45, 7) is 2.41. The van der Waals surface area contributed by atoms with E-state index in [1.54, 1.807) is 11.1 Å². The maximum absolute atomic E-state index is 12.0. The van der Waals surface area contributed by atoms with Crippen molar-refractivity contribution >= 4 is 5.91 Å². The van der Waals surface area contributed by atoms with E-state index < -0.39 is 5.60 Å². The highest BCUT2D eigenvalue weighted by Gasteiger charge is 2.36. The van der Waals surface area contributed by atoms with Gasteiger partial charge in [-0.15, -0.1) is 0 Å². The van der Waals surface area contributed by atoms with E-state index >= 15 is 0 Å². The summed E-state index contributed by atoms with van der Waals surface area (Å²) >= 11 is 0. The number of carbonyl (C=O) groups excluding carboxylic acids is 1. The molecule has 0 radical (unpaired) electrons. The molecule has 0 aliphatic carbocycles. The van der Waals surface area contributed by atoms with Gasteiger partial charge in [0.05, 0.1) is 12.3 Å². The molecule has 0 saturated carbocycles. The minimum Gasteiger partial charge on any atom is -0.383 e. The third kappa shape index (κ3) is 4.23. The van der Waals surface area contributed by atoms with Crippen molar-refractivity contribution in [2.75, 3.05) is 39.9 Å². The summed E-state index contributed by atoms with van der Waals surface area (Å²) in [6.07, 6.45) is 2.69. The topological polar surface area (TPSA) is 74.7 Å². The number of pyridine rings is 1. The van der Waals surface area contributed by atoms with Crippen LogP contribution in [0.4, 0.5) is 0 Å². The van der Waals surface area contributed by atoms with Crippen LogP contribution in [0.15, 0.2) is 24.4 Å². The Kier molecular flexibility index (Phi) is 5.67. The lowest BCUT2D eigenvalue weighted by Gasteiger charge is -2.37. The van der Waals surface area contributed by atoms with Gasteiger partial charge in [-0.05, 0) is 32.0 Å². The number of hydrogen-bond donors (Lipinski definition) is 2. The van der Waals surface area contributed by atoms with Gasteiger partial charge in [-0.25, -0.2) is 0 Å². The first-order valence-electron chi connectivity index (χ1n) is 7.30. The van der Waals surface area contributed by atoms with Crippen LogP contribution in [-0.2, 0) is 15.1 Å². The van der Waals surface area contributed by atoms with Crippen molar-refractivity contribution < 1.29 is 14.6 Å². The molecule has 1 saturated heterocycles. The van der Waals surface area contributed by atoms with Gasteiger partial charge in [0, 0.05) is 25.8 Å². The lowest BCUT2D eigenvalue weighted by molar-refractivity contribution is -0.140. The lowest BCUT2D eigenvalue weighted by Crippen LogP contribution is -2.46. The smallest absolute Gasteiger partial charge is 0.248 e. The Labute approximate surface area is 125 Å². The van der Waals surface area contributed by atoms with E-state index in [2.05, 4.69) is 10.3 Å². The first-order chi connectivity index (χ1) is 10.2. The van der Waals surface area contributed by atoms with Crippen LogP contribution in [-0.4, -0.2) is 60.8 Å². The number of hydrogen-bond acceptors (Lipinski definition) is 5. The van der Waals surface area contributed by atoms with Gasteiger partial charge in [0.2, 0.25) is 5.91 Å². The Balaban J connectivity index is 1.81. The van der Waals surface area contributed by atoms with Crippen LogP contribution in [0, 0.1) is 0 Å². The summed E-state index contributed by atoms with van der Waals surface area (Å²) in [5.41, 5.74) is -0.243. The number of nitrogens with one attached hydrogen (secondary N) is 1. The van der Waals surface area contributed by atoms with E-state index in [1.807, 2.05) is 25.2 Å². The highest BCUT2D eigenvalue weighted by Crippen LogP contribution is 2.31. The SMILES string of the molecule is CNCCOCC(=O)N1CCC(O)(c2ccccn2)CC1. The predicted octanol–water partition coefficient (Wildman–Crippen LogP) is 0.128. The normalized spacial score (nSPS) is 17.7. The second kappa shape index (κ2) is 7.49. The predicted molar refractivity (Wildman–Crippen MR) is 78.7 cm³/mol. The first kappa shape index (κ1) is 15.9. The molecule has 0 atom stereocenters. The van der Waals surface area contributed by atoms with E-state index in [0.717, 1.165) is 6.54 Å². The number of amides is 1. The van der Waals surface area contributed by atoms with Crippen LogP contribution in [0.5, 0.6) is 0 Å². The van der Waals surface area contributed by atoms with Gasteiger partial charge in [0.15, 0.2) is 0 Å². The average molecular weight is 293 g/mol. The number of ether oxygens (including phenoxy) is 1. The van der Waals surface area contributed by atoms with Crippen molar-refractivity contribution in [3.05, 3.63) is 30.1 Å². The van der Waals surface area contributed by atoms with E-state index in [-0.39, 0.29) is 12.5 Å². The Bertz CT molecular complexity index is 445. The van der Waals surface area contributed by atoms with E-state index in [0.29, 0.717) is 38.2 Å². The third-order valence-electron chi connectivity index (χ3n) is 3.81. The minimum absolute atomic E-state index is 0.0193. The molecule has 1 aromatic heterocycles. The molecular weight excluding hydrogens is 270 g/mol. The molecule has 1 aromatic rings. The van der Waals surface area contributed by atoms with E-state index in [1.165, 1.54) is 0 Å². The van der Waals surface area contributed by atoms with Gasteiger partial charge in [-0.3, -0.25) is 9.78 Å². The van der Waals surface area contributed by atoms with E-state index in [9.17, 15) is 9.90 Å². The minimum atomic E-state index is -0.926. The number of nitrogens with zero attached hydrogens (tertiary/aromatic N) is 2. The molecule has 116 valence electrons. The van der Waals surface area contributed by atoms with Crippen LogP contribution in [0.3, 0.4) is 0 Å². The number of rotatable bonds is 6. The monoisotopic (exact) mass is 293 g/mol. The summed E-state index contributed by atoms with van der Waals surface area (Å²) < 4.78 is 5.30. The quantitative estimate of drug-likeness (QED) is 0.729. The van der Waals surface area contributed by atoms with Crippen molar-refractivity contribution in [2.45, 2.75) is 18.4 Å². The maximum atomic E-state index is 12.0. The van der Waals surface area contributed by atoms with Crippen molar-refractivity contribution in [1.29, 1.82) is 0 Å². The van der Waals surface area contributed by atoms with E-state index in [4.69, 9.17) is 4.74 Å². The van der Waals surface area contributed by atoms with Crippen LogP contribution in [0.1, 0.15) is 18.5 Å². The third-order valence-corrected chi connectivity index (χ3v) is 3.81. The molecule has 0 aromatic carbocycles. The number of aromatic nitrogens is 1. The van der Waals surface area contributed by atoms with Gasteiger partial charge in [0.25, 0.3) is 0 Å². The molecule has 2 heterocycles. The molecule has 0 spiro atoms. The van der Waals surface area contributed by atoms with Gasteiger partial charge < -0.3 is 20.1 Å². The number of aliphatic hydroxyl groups is 1. The number of likely N-dealkylation sites (tertiary alicyclic amines) is 1. The van der Waals surface area contributed by atoms with Gasteiger partial charge in [-0.1, -0.05) is 6.07 Å². The van der Waals surface area contributed by atoms with Gasteiger partial charge in [0.1, 0.15) is 12.2 Å². The van der Waals surface area contributed by atoms with Crippen LogP contribution >= 0.6 is 0 Å². The second-order valence-electron chi connectivity index (χ2n) is 5.28. The molecule has 6 nitrogen and oxygen atoms in total. The summed E-state index contributed by atoms with van der Waals surface area (Å²) in [5.74, 6) is -0.0193. The Morgan fingerprint density at radius 3 is 2.86 bits per heavy atom. The van der Waals surface area contributed by atoms with Crippen molar-refractivity contribution in [2.24, 2.45) is 0 Å². The maximum Gasteiger partial charge on any atom is 0.248 e. The molecule has 6 heteroatoms. The Hall–Kier alpha value is -1.50. The molecule has 21 heavy (non-hydrogen) atoms. The summed E-state index contributed by atoms with van der Waals surface area (Å²) in [4.78, 5) is 18.0. The molecule has 1 aliphatic heterocycles. The number of likely N-dealkylation sites (N-methyl/N-ethyl adjacent to an activating group) is 1. The summed E-state index contributed by atoms with van der Waals surface area (Å²) in [7, 11) is 1.84. The summed E-state index contributed by atoms with van der Waals surface area (Å²) in [6, 6.07) is 5.53. The fourth-order valence-corrected chi connectivity index (χ4v) is 2.45. The van der Waals surface area contributed by atoms with Crippen molar-refractivity contribution in [3.63, 3.8) is 0 Å². The molecule has 0 bridgehead atoms. The van der Waals surface area contributed by atoms with Crippen LogP contribution in [0.2, 0.25) is 0 Å². The number of piperidine rings is 1. The molecule has 1 aliphatic rings. The summed E-state index contributed by atoms with van der Waals surface area (Å²) in [5, 5.41) is 13.6. The lowest BCUT2D eigenvalue weighted by atomic mass is 9.88. The highest BCUT2D eigenvalue weighted by molar-refractivity contribution is 5.77. The first-order valence-corrected chi connectivity index (χ1v) is 7.30. The molecule has 0 unspecified atom stereocenters. The Morgan fingerprint density at radius 2 is 2.24 bits per heavy atom. The van der Waals surface area contributed by atoms with Gasteiger partial charge in [-0.2, -0.15) is 0 Å².